The Bertz CT molecular complexity index is 634. The van der Waals surface area contributed by atoms with Crippen molar-refractivity contribution in [3.05, 3.63) is 43.8 Å². The minimum Gasteiger partial charge on any atom is -0.396 e. The molecule has 1 aromatic carbocycles. The second-order valence-electron chi connectivity index (χ2n) is 4.38. The highest BCUT2D eigenvalue weighted by Crippen LogP contribution is 2.29. The number of anilines is 1. The van der Waals surface area contributed by atoms with Gasteiger partial charge in [-0.05, 0) is 26.0 Å². The summed E-state index contributed by atoms with van der Waals surface area (Å²) in [7, 11) is 0. The fraction of sp³-hybridized carbons (Fsp3) is 0.231. The van der Waals surface area contributed by atoms with E-state index >= 15 is 0 Å². The van der Waals surface area contributed by atoms with Gasteiger partial charge in [-0.25, -0.2) is 4.98 Å². The number of carbonyl (C=O) groups excluding carboxylic acids is 1. The SMILES string of the molecule is Cc1csc(C(C)NC(=O)c2cc(Cl)c(N)c(Cl)c2)n1. The first-order valence-corrected chi connectivity index (χ1v) is 7.49. The van der Waals surface area contributed by atoms with Gasteiger partial charge in [-0.1, -0.05) is 23.2 Å². The third-order valence-corrected chi connectivity index (χ3v) is 4.47. The van der Waals surface area contributed by atoms with Gasteiger partial charge in [0.15, 0.2) is 0 Å². The smallest absolute Gasteiger partial charge is 0.251 e. The summed E-state index contributed by atoms with van der Waals surface area (Å²) in [4.78, 5) is 16.5. The molecule has 0 bridgehead atoms. The van der Waals surface area contributed by atoms with Gasteiger partial charge in [-0.15, -0.1) is 11.3 Å². The maximum Gasteiger partial charge on any atom is 0.251 e. The zero-order valence-electron chi connectivity index (χ0n) is 10.9. The van der Waals surface area contributed by atoms with Crippen molar-refractivity contribution < 1.29 is 4.79 Å². The number of hydrogen-bond donors (Lipinski definition) is 2. The molecular weight excluding hydrogens is 317 g/mol. The average molecular weight is 330 g/mol. The molecule has 1 amide bonds. The maximum absolute atomic E-state index is 12.2. The Morgan fingerprint density at radius 2 is 2.00 bits per heavy atom. The van der Waals surface area contributed by atoms with Crippen molar-refractivity contribution in [3.63, 3.8) is 0 Å². The minimum absolute atomic E-state index is 0.184. The maximum atomic E-state index is 12.2. The number of amides is 1. The lowest BCUT2D eigenvalue weighted by molar-refractivity contribution is 0.0940. The van der Waals surface area contributed by atoms with Gasteiger partial charge in [0.2, 0.25) is 0 Å². The van der Waals surface area contributed by atoms with Crippen LogP contribution in [0.4, 0.5) is 5.69 Å². The van der Waals surface area contributed by atoms with Crippen LogP contribution in [0.3, 0.4) is 0 Å². The summed E-state index contributed by atoms with van der Waals surface area (Å²) in [6.07, 6.45) is 0. The standard InChI is InChI=1S/C13H13Cl2N3OS/c1-6-5-20-13(17-6)7(2)18-12(19)8-3-9(14)11(16)10(15)4-8/h3-5,7H,16H2,1-2H3,(H,18,19). The van der Waals surface area contributed by atoms with Crippen LogP contribution in [-0.4, -0.2) is 10.9 Å². The first-order chi connectivity index (χ1) is 9.38. The van der Waals surface area contributed by atoms with E-state index in [0.717, 1.165) is 10.7 Å². The van der Waals surface area contributed by atoms with E-state index in [9.17, 15) is 4.79 Å². The van der Waals surface area contributed by atoms with Crippen LogP contribution in [-0.2, 0) is 0 Å². The molecule has 2 rings (SSSR count). The van der Waals surface area contributed by atoms with Crippen molar-refractivity contribution in [1.29, 1.82) is 0 Å². The number of nitrogen functional groups attached to an aromatic ring is 1. The Balaban J connectivity index is 2.16. The van der Waals surface area contributed by atoms with Gasteiger partial charge in [0.05, 0.1) is 21.8 Å². The molecule has 0 spiro atoms. The van der Waals surface area contributed by atoms with Crippen LogP contribution in [0.15, 0.2) is 17.5 Å². The molecule has 1 aromatic heterocycles. The molecule has 1 unspecified atom stereocenters. The van der Waals surface area contributed by atoms with Gasteiger partial charge >= 0.3 is 0 Å². The van der Waals surface area contributed by atoms with Gasteiger partial charge in [-0.2, -0.15) is 0 Å². The molecule has 0 saturated carbocycles. The Morgan fingerprint density at radius 3 is 2.50 bits per heavy atom. The summed E-state index contributed by atoms with van der Waals surface area (Å²) in [5.41, 5.74) is 7.22. The molecule has 1 heterocycles. The van der Waals surface area contributed by atoms with Crippen LogP contribution in [0.25, 0.3) is 0 Å². The van der Waals surface area contributed by atoms with Crippen LogP contribution >= 0.6 is 34.5 Å². The summed E-state index contributed by atoms with van der Waals surface area (Å²) in [5.74, 6) is -0.269. The Morgan fingerprint density at radius 1 is 1.40 bits per heavy atom. The number of hydrogen-bond acceptors (Lipinski definition) is 4. The number of rotatable bonds is 3. The third-order valence-electron chi connectivity index (χ3n) is 2.70. The fourth-order valence-corrected chi connectivity index (χ4v) is 2.92. The first-order valence-electron chi connectivity index (χ1n) is 5.86. The van der Waals surface area contributed by atoms with E-state index in [4.69, 9.17) is 28.9 Å². The van der Waals surface area contributed by atoms with Crippen molar-refractivity contribution in [1.82, 2.24) is 10.3 Å². The Hall–Kier alpha value is -1.30. The quantitative estimate of drug-likeness (QED) is 0.841. The van der Waals surface area contributed by atoms with E-state index in [2.05, 4.69) is 10.3 Å². The second kappa shape index (κ2) is 5.99. The normalized spacial score (nSPS) is 12.2. The van der Waals surface area contributed by atoms with Crippen LogP contribution < -0.4 is 11.1 Å². The Kier molecular flexibility index (Phi) is 4.52. The molecule has 0 saturated heterocycles. The zero-order chi connectivity index (χ0) is 14.9. The number of aryl methyl sites for hydroxylation is 1. The van der Waals surface area contributed by atoms with E-state index in [-0.39, 0.29) is 27.7 Å². The van der Waals surface area contributed by atoms with Gasteiger partial charge in [0.1, 0.15) is 5.01 Å². The molecule has 1 atom stereocenters. The molecule has 0 radical (unpaired) electrons. The van der Waals surface area contributed by atoms with Gasteiger partial charge < -0.3 is 11.1 Å². The van der Waals surface area contributed by atoms with Crippen molar-refractivity contribution in [3.8, 4) is 0 Å². The van der Waals surface area contributed by atoms with Crippen LogP contribution in [0.5, 0.6) is 0 Å². The van der Waals surface area contributed by atoms with Gasteiger partial charge in [0, 0.05) is 16.6 Å². The van der Waals surface area contributed by atoms with Gasteiger partial charge in [0.25, 0.3) is 5.91 Å². The number of carbonyl (C=O) groups is 1. The van der Waals surface area contributed by atoms with Crippen LogP contribution in [0.1, 0.15) is 34.0 Å². The molecule has 106 valence electrons. The number of nitrogens with two attached hydrogens (primary N) is 1. The number of benzene rings is 1. The highest BCUT2D eigenvalue weighted by Gasteiger charge is 2.16. The molecule has 0 aliphatic carbocycles. The molecular formula is C13H13Cl2N3OS. The summed E-state index contributed by atoms with van der Waals surface area (Å²) < 4.78 is 0. The number of nitrogens with zero attached hydrogens (tertiary/aromatic N) is 1. The van der Waals surface area contributed by atoms with Crippen molar-refractivity contribution in [2.75, 3.05) is 5.73 Å². The van der Waals surface area contributed by atoms with Crippen molar-refractivity contribution in [2.45, 2.75) is 19.9 Å². The van der Waals surface area contributed by atoms with E-state index < -0.39 is 0 Å². The Labute approximate surface area is 130 Å². The molecule has 2 aromatic rings. The number of nitrogens with one attached hydrogen (secondary N) is 1. The predicted octanol–water partition coefficient (Wildman–Crippen LogP) is 3.83. The molecule has 0 aliphatic rings. The number of halogens is 2. The zero-order valence-corrected chi connectivity index (χ0v) is 13.2. The summed E-state index contributed by atoms with van der Waals surface area (Å²) >= 11 is 13.3. The number of thiazole rings is 1. The first kappa shape index (κ1) is 15.1. The topological polar surface area (TPSA) is 68.0 Å². The van der Waals surface area contributed by atoms with E-state index in [0.29, 0.717) is 5.56 Å². The van der Waals surface area contributed by atoms with Crippen LogP contribution in [0.2, 0.25) is 10.0 Å². The molecule has 0 fully saturated rings. The van der Waals surface area contributed by atoms with E-state index in [1.54, 1.807) is 0 Å². The lowest BCUT2D eigenvalue weighted by atomic mass is 10.2. The summed E-state index contributed by atoms with van der Waals surface area (Å²) in [6.45, 7) is 3.78. The fourth-order valence-electron chi connectivity index (χ4n) is 1.63. The summed E-state index contributed by atoms with van der Waals surface area (Å²) in [5, 5.41) is 6.17. The second-order valence-corrected chi connectivity index (χ2v) is 6.08. The van der Waals surface area contributed by atoms with Gasteiger partial charge in [-0.3, -0.25) is 4.79 Å². The largest absolute Gasteiger partial charge is 0.396 e. The molecule has 7 heteroatoms. The van der Waals surface area contributed by atoms with Crippen LogP contribution in [0, 0.1) is 6.92 Å². The average Bonchev–Trinajstić information content (AvgIpc) is 2.82. The summed E-state index contributed by atoms with van der Waals surface area (Å²) in [6, 6.07) is 2.81. The third kappa shape index (κ3) is 3.23. The van der Waals surface area contributed by atoms with E-state index in [1.165, 1.54) is 23.5 Å². The van der Waals surface area contributed by atoms with Crippen molar-refractivity contribution in [2.24, 2.45) is 0 Å². The molecule has 4 nitrogen and oxygen atoms in total. The number of aromatic nitrogens is 1. The van der Waals surface area contributed by atoms with Crippen molar-refractivity contribution >= 4 is 46.1 Å². The van der Waals surface area contributed by atoms with E-state index in [1.807, 2.05) is 19.2 Å². The molecule has 20 heavy (non-hydrogen) atoms. The molecule has 0 aliphatic heterocycles. The predicted molar refractivity (Wildman–Crippen MR) is 83.6 cm³/mol. The highest BCUT2D eigenvalue weighted by atomic mass is 35.5. The highest BCUT2D eigenvalue weighted by molar-refractivity contribution is 7.09. The lowest BCUT2D eigenvalue weighted by Gasteiger charge is -2.12. The lowest BCUT2D eigenvalue weighted by Crippen LogP contribution is -2.26. The monoisotopic (exact) mass is 329 g/mol. The molecule has 3 N–H and O–H groups in total. The minimum atomic E-state index is -0.269.